The molecule has 0 unspecified atom stereocenters. The third-order valence-electron chi connectivity index (χ3n) is 8.43. The first-order valence-corrected chi connectivity index (χ1v) is 15.1. The molecule has 1 aromatic heterocycles. The molecule has 0 spiro atoms. The quantitative estimate of drug-likeness (QED) is 0.141. The summed E-state index contributed by atoms with van der Waals surface area (Å²) in [6, 6.07) is 12.6. The number of carbonyl (C=O) groups is 2. The molecule has 4 atom stereocenters. The van der Waals surface area contributed by atoms with E-state index < -0.39 is 30.1 Å². The number of allylic oxidation sites excluding steroid dienone is 1. The van der Waals surface area contributed by atoms with Gasteiger partial charge >= 0.3 is 0 Å². The van der Waals surface area contributed by atoms with Gasteiger partial charge < -0.3 is 40.0 Å². The van der Waals surface area contributed by atoms with E-state index in [1.807, 2.05) is 30.3 Å². The van der Waals surface area contributed by atoms with Crippen molar-refractivity contribution >= 4 is 22.7 Å². The van der Waals surface area contributed by atoms with Crippen LogP contribution in [0.5, 0.6) is 11.5 Å². The van der Waals surface area contributed by atoms with Crippen LogP contribution < -0.4 is 14.8 Å². The number of rotatable bonds is 14. The number of H-pyrrole nitrogens is 1. The lowest BCUT2D eigenvalue weighted by atomic mass is 9.77. The number of hydrogen-bond donors (Lipinski definition) is 5. The number of unbranched alkanes of at least 4 members (excludes halogenated alkanes) is 2. The van der Waals surface area contributed by atoms with Gasteiger partial charge in [0.15, 0.2) is 11.5 Å². The fourth-order valence-electron chi connectivity index (χ4n) is 6.28. The van der Waals surface area contributed by atoms with E-state index in [2.05, 4.69) is 22.9 Å². The number of aliphatic hydroxyl groups is 3. The second kappa shape index (κ2) is 14.1. The third-order valence-corrected chi connectivity index (χ3v) is 8.43. The molecule has 3 aromatic rings. The number of hydrogen-bond acceptors (Lipinski definition) is 7. The number of para-hydroxylation sites is 1. The van der Waals surface area contributed by atoms with Gasteiger partial charge in [-0.25, -0.2) is 0 Å². The number of fused-ring (bicyclic) bond motifs is 4. The summed E-state index contributed by atoms with van der Waals surface area (Å²) in [4.78, 5) is 32.4. The zero-order chi connectivity index (χ0) is 31.2. The third kappa shape index (κ3) is 6.38. The Bertz CT molecular complexity index is 1500. The fraction of sp³-hybridized carbons (Fsp3) is 0.412. The molecule has 2 aromatic carbocycles. The summed E-state index contributed by atoms with van der Waals surface area (Å²) in [5.74, 6) is -0.456. The summed E-state index contributed by atoms with van der Waals surface area (Å²) < 4.78 is 11.9. The molecule has 2 aliphatic rings. The van der Waals surface area contributed by atoms with Crippen molar-refractivity contribution in [2.45, 2.75) is 62.9 Å². The first kappa shape index (κ1) is 31.3. The van der Waals surface area contributed by atoms with Crippen LogP contribution in [0.4, 0.5) is 0 Å². The SMILES string of the molecule is C=CCCCCC(=O)N(CCc1cc2ccccc2[nH]1)[C@@H]1C=C(C(=O)NCCO)[C@@H]2c3cc(CO)cc(OC)c3O[C@@H]2[C@H]1O. The van der Waals surface area contributed by atoms with E-state index >= 15 is 0 Å². The second-order valence-corrected chi connectivity index (χ2v) is 11.3. The van der Waals surface area contributed by atoms with Gasteiger partial charge in [-0.3, -0.25) is 9.59 Å². The van der Waals surface area contributed by atoms with Crippen LogP contribution >= 0.6 is 0 Å². The standard InChI is InChI=1S/C34H41N3O7/c1-3-4-5-6-11-29(40)37(14-12-23-18-22-9-7-8-10-26(22)36-23)27-19-25(34(42)35-13-15-38)30-24-16-21(20-39)17-28(43-2)32(24)44-33(30)31(27)41/h3,7-10,16-19,27,30-31,33,36,38-39,41H,1,4-6,11-15,20H2,2H3,(H,35,42)/t27-,30+,31+,33+/m1/s1. The molecular formula is C34H41N3O7. The molecule has 10 heteroatoms. The van der Waals surface area contributed by atoms with Crippen molar-refractivity contribution in [1.29, 1.82) is 0 Å². The van der Waals surface area contributed by atoms with Crippen LogP contribution in [0.25, 0.3) is 10.9 Å². The van der Waals surface area contributed by atoms with Gasteiger partial charge in [-0.1, -0.05) is 24.3 Å². The summed E-state index contributed by atoms with van der Waals surface area (Å²) in [6.45, 7) is 3.62. The Morgan fingerprint density at radius 1 is 1.18 bits per heavy atom. The molecular weight excluding hydrogens is 562 g/mol. The van der Waals surface area contributed by atoms with Crippen molar-refractivity contribution < 1.29 is 34.4 Å². The van der Waals surface area contributed by atoms with E-state index in [0.29, 0.717) is 47.6 Å². The van der Waals surface area contributed by atoms with E-state index in [9.17, 15) is 24.9 Å². The van der Waals surface area contributed by atoms with Gasteiger partial charge in [0.05, 0.1) is 32.3 Å². The van der Waals surface area contributed by atoms with Crippen LogP contribution in [0, 0.1) is 0 Å². The number of nitrogens with one attached hydrogen (secondary N) is 2. The number of methoxy groups -OCH3 is 1. The average Bonchev–Trinajstić information content (AvgIpc) is 3.64. The van der Waals surface area contributed by atoms with Gasteiger partial charge in [0.1, 0.15) is 12.2 Å². The van der Waals surface area contributed by atoms with Crippen molar-refractivity contribution in [3.8, 4) is 11.5 Å². The van der Waals surface area contributed by atoms with E-state index in [1.54, 1.807) is 23.1 Å². The molecule has 44 heavy (non-hydrogen) atoms. The fourth-order valence-corrected chi connectivity index (χ4v) is 6.28. The second-order valence-electron chi connectivity index (χ2n) is 11.3. The summed E-state index contributed by atoms with van der Waals surface area (Å²) >= 11 is 0. The van der Waals surface area contributed by atoms with Crippen LogP contribution in [-0.2, 0) is 22.6 Å². The number of carbonyl (C=O) groups excluding carboxylic acids is 2. The van der Waals surface area contributed by atoms with Crippen molar-refractivity contribution in [2.75, 3.05) is 26.8 Å². The highest BCUT2D eigenvalue weighted by atomic mass is 16.5. The highest BCUT2D eigenvalue weighted by Gasteiger charge is 2.51. The number of ether oxygens (including phenoxy) is 2. The molecule has 0 bridgehead atoms. The first-order valence-electron chi connectivity index (χ1n) is 15.1. The zero-order valence-corrected chi connectivity index (χ0v) is 25.0. The number of benzene rings is 2. The van der Waals surface area contributed by atoms with E-state index in [0.717, 1.165) is 29.4 Å². The highest BCUT2D eigenvalue weighted by Crippen LogP contribution is 2.51. The highest BCUT2D eigenvalue weighted by molar-refractivity contribution is 5.96. The number of aliphatic hydroxyl groups excluding tert-OH is 3. The molecule has 2 amide bonds. The van der Waals surface area contributed by atoms with Gasteiger partial charge in [-0.05, 0) is 60.6 Å². The molecule has 0 radical (unpaired) electrons. The van der Waals surface area contributed by atoms with Gasteiger partial charge in [0, 0.05) is 48.3 Å². The Morgan fingerprint density at radius 3 is 2.73 bits per heavy atom. The van der Waals surface area contributed by atoms with E-state index in [-0.39, 0.29) is 32.1 Å². The minimum absolute atomic E-state index is 0.0425. The van der Waals surface area contributed by atoms with Crippen molar-refractivity contribution in [2.24, 2.45) is 0 Å². The van der Waals surface area contributed by atoms with Gasteiger partial charge in [-0.15, -0.1) is 6.58 Å². The Balaban J connectivity index is 1.51. The molecule has 1 aliphatic heterocycles. The lowest BCUT2D eigenvalue weighted by Crippen LogP contribution is -2.56. The largest absolute Gasteiger partial charge is 0.493 e. The zero-order valence-electron chi connectivity index (χ0n) is 25.0. The van der Waals surface area contributed by atoms with Gasteiger partial charge in [0.25, 0.3) is 0 Å². The van der Waals surface area contributed by atoms with Gasteiger partial charge in [-0.2, -0.15) is 0 Å². The molecule has 2 heterocycles. The molecule has 1 aliphatic carbocycles. The Morgan fingerprint density at radius 2 is 2.00 bits per heavy atom. The first-order chi connectivity index (χ1) is 21.4. The van der Waals surface area contributed by atoms with Crippen LogP contribution in [0.3, 0.4) is 0 Å². The topological polar surface area (TPSA) is 144 Å². The van der Waals surface area contributed by atoms with Crippen LogP contribution in [-0.4, -0.2) is 82.1 Å². The normalized spacial score (nSPS) is 20.3. The summed E-state index contributed by atoms with van der Waals surface area (Å²) in [7, 11) is 1.49. The molecule has 5 N–H and O–H groups in total. The minimum Gasteiger partial charge on any atom is -0.493 e. The molecule has 10 nitrogen and oxygen atoms in total. The number of nitrogens with zero attached hydrogens (tertiary/aromatic N) is 1. The maximum absolute atomic E-state index is 13.8. The molecule has 234 valence electrons. The van der Waals surface area contributed by atoms with Gasteiger partial charge in [0.2, 0.25) is 11.8 Å². The molecule has 5 rings (SSSR count). The Kier molecular flexibility index (Phi) is 10.0. The maximum Gasteiger partial charge on any atom is 0.247 e. The van der Waals surface area contributed by atoms with E-state index in [4.69, 9.17) is 9.47 Å². The lowest BCUT2D eigenvalue weighted by molar-refractivity contribution is -0.137. The minimum atomic E-state index is -1.16. The molecule has 0 fully saturated rings. The maximum atomic E-state index is 13.8. The summed E-state index contributed by atoms with van der Waals surface area (Å²) in [5, 5.41) is 35.0. The molecule has 0 saturated carbocycles. The Hall–Kier alpha value is -4.12. The summed E-state index contributed by atoms with van der Waals surface area (Å²) in [5.41, 5.74) is 3.47. The van der Waals surface area contributed by atoms with E-state index in [1.165, 1.54) is 7.11 Å². The van der Waals surface area contributed by atoms with Crippen molar-refractivity contribution in [1.82, 2.24) is 15.2 Å². The van der Waals surface area contributed by atoms with Crippen LogP contribution in [0.15, 0.2) is 66.8 Å². The smallest absolute Gasteiger partial charge is 0.247 e. The van der Waals surface area contributed by atoms with Crippen LogP contribution in [0.1, 0.15) is 48.4 Å². The summed E-state index contributed by atoms with van der Waals surface area (Å²) in [6.07, 6.45) is 4.53. The van der Waals surface area contributed by atoms with Crippen molar-refractivity contribution in [3.63, 3.8) is 0 Å². The number of aromatic nitrogens is 1. The Labute approximate surface area is 257 Å². The molecule has 0 saturated heterocycles. The monoisotopic (exact) mass is 603 g/mol. The predicted octanol–water partition coefficient (Wildman–Crippen LogP) is 3.11. The number of amides is 2. The van der Waals surface area contributed by atoms with Crippen LogP contribution in [0.2, 0.25) is 0 Å². The predicted molar refractivity (Wildman–Crippen MR) is 166 cm³/mol. The lowest BCUT2D eigenvalue weighted by Gasteiger charge is -2.40. The number of aromatic amines is 1. The van der Waals surface area contributed by atoms with Crippen molar-refractivity contribution in [3.05, 3.63) is 83.6 Å². The average molecular weight is 604 g/mol.